The third kappa shape index (κ3) is 6.27. The molecule has 0 N–H and O–H groups in total. The first-order chi connectivity index (χ1) is 20.4. The van der Waals surface area contributed by atoms with Gasteiger partial charge in [-0.2, -0.15) is 0 Å². The molecule has 8 nitrogen and oxygen atoms in total. The predicted molar refractivity (Wildman–Crippen MR) is 163 cm³/mol. The molecule has 42 heavy (non-hydrogen) atoms. The second-order valence-corrected chi connectivity index (χ2v) is 11.9. The Kier molecular flexibility index (Phi) is 9.09. The minimum Gasteiger partial charge on any atom is -0.497 e. The molecular weight excluding hydrogens is 550 g/mol. The van der Waals surface area contributed by atoms with Gasteiger partial charge in [0, 0.05) is 32.2 Å². The fourth-order valence-corrected chi connectivity index (χ4v) is 6.79. The maximum atomic E-state index is 13.9. The molecule has 9 heteroatoms. The van der Waals surface area contributed by atoms with Crippen LogP contribution in [-0.4, -0.2) is 71.1 Å². The molecule has 1 heterocycles. The molecule has 4 aromatic carbocycles. The molecule has 0 saturated carbocycles. The zero-order valence-corrected chi connectivity index (χ0v) is 24.6. The van der Waals surface area contributed by atoms with E-state index in [0.29, 0.717) is 37.7 Å². The Morgan fingerprint density at radius 3 is 1.83 bits per heavy atom. The quantitative estimate of drug-likeness (QED) is 0.265. The van der Waals surface area contributed by atoms with Crippen LogP contribution < -0.4 is 13.8 Å². The van der Waals surface area contributed by atoms with Crippen molar-refractivity contribution in [2.24, 2.45) is 0 Å². The maximum absolute atomic E-state index is 13.9. The number of carbonyl (C=O) groups is 1. The number of sulfonamides is 1. The van der Waals surface area contributed by atoms with E-state index in [1.54, 1.807) is 41.3 Å². The molecule has 0 aromatic heterocycles. The number of ether oxygens (including phenoxy) is 2. The highest BCUT2D eigenvalue weighted by atomic mass is 32.2. The highest BCUT2D eigenvalue weighted by Crippen LogP contribution is 2.36. The van der Waals surface area contributed by atoms with Gasteiger partial charge in [-0.25, -0.2) is 8.42 Å². The highest BCUT2D eigenvalue weighted by molar-refractivity contribution is 7.92. The van der Waals surface area contributed by atoms with Crippen molar-refractivity contribution >= 4 is 21.6 Å². The third-order valence-electron chi connectivity index (χ3n) is 7.53. The molecule has 1 aliphatic heterocycles. The van der Waals surface area contributed by atoms with Crippen LogP contribution in [0.4, 0.5) is 5.69 Å². The van der Waals surface area contributed by atoms with Crippen LogP contribution >= 0.6 is 0 Å². The Hall–Kier alpha value is -4.34. The number of hydrogen-bond acceptors (Lipinski definition) is 6. The Balaban J connectivity index is 1.38. The minimum absolute atomic E-state index is 0.0585. The van der Waals surface area contributed by atoms with Crippen molar-refractivity contribution in [3.8, 4) is 11.5 Å². The second-order valence-electron chi connectivity index (χ2n) is 10.0. The van der Waals surface area contributed by atoms with Crippen LogP contribution in [0, 0.1) is 0 Å². The number of benzene rings is 4. The number of piperazine rings is 1. The Morgan fingerprint density at radius 2 is 1.31 bits per heavy atom. The molecule has 0 radical (unpaired) electrons. The van der Waals surface area contributed by atoms with Gasteiger partial charge in [-0.3, -0.25) is 14.0 Å². The first kappa shape index (κ1) is 29.2. The summed E-state index contributed by atoms with van der Waals surface area (Å²) in [6.45, 7) is 1.90. The number of anilines is 1. The van der Waals surface area contributed by atoms with Crippen LogP contribution in [0.2, 0.25) is 0 Å². The van der Waals surface area contributed by atoms with Crippen LogP contribution in [0.25, 0.3) is 0 Å². The number of nitrogens with zero attached hydrogens (tertiary/aromatic N) is 3. The molecule has 1 fully saturated rings. The van der Waals surface area contributed by atoms with Crippen LogP contribution in [0.15, 0.2) is 114 Å². The predicted octanol–water partition coefficient (Wildman–Crippen LogP) is 4.83. The molecule has 0 spiro atoms. The van der Waals surface area contributed by atoms with Crippen molar-refractivity contribution < 1.29 is 22.7 Å². The van der Waals surface area contributed by atoms with Crippen molar-refractivity contribution in [1.82, 2.24) is 9.80 Å². The smallest absolute Gasteiger partial charge is 0.264 e. The number of rotatable bonds is 10. The normalized spacial score (nSPS) is 14.0. The van der Waals surface area contributed by atoms with Gasteiger partial charge < -0.3 is 14.4 Å². The first-order valence-electron chi connectivity index (χ1n) is 13.8. The molecule has 218 valence electrons. The molecule has 0 bridgehead atoms. The fraction of sp³-hybridized carbons (Fsp3) is 0.242. The van der Waals surface area contributed by atoms with Crippen LogP contribution in [-0.2, 0) is 14.8 Å². The Bertz CT molecular complexity index is 1540. The monoisotopic (exact) mass is 585 g/mol. The summed E-state index contributed by atoms with van der Waals surface area (Å²) < 4.78 is 39.7. The Morgan fingerprint density at radius 1 is 0.762 bits per heavy atom. The molecule has 0 unspecified atom stereocenters. The first-order valence-corrected chi connectivity index (χ1v) is 15.3. The van der Waals surface area contributed by atoms with Gasteiger partial charge in [-0.05, 0) is 35.4 Å². The van der Waals surface area contributed by atoms with Gasteiger partial charge in [-0.15, -0.1) is 0 Å². The lowest BCUT2D eigenvalue weighted by atomic mass is 9.96. The number of carbonyl (C=O) groups excluding carboxylic acids is 1. The SMILES string of the molecule is COc1ccc(N(CC(=O)N2CCN(C(c3ccccc3)c3ccccc3)CC2)S(=O)(=O)c2ccccc2)c(OC)c1. The van der Waals surface area contributed by atoms with E-state index in [4.69, 9.17) is 9.47 Å². The topological polar surface area (TPSA) is 79.4 Å². The van der Waals surface area contributed by atoms with Gasteiger partial charge in [0.25, 0.3) is 10.0 Å². The van der Waals surface area contributed by atoms with Crippen LogP contribution in [0.3, 0.4) is 0 Å². The van der Waals surface area contributed by atoms with E-state index in [9.17, 15) is 13.2 Å². The molecule has 5 rings (SSSR count). The molecule has 1 saturated heterocycles. The molecule has 0 atom stereocenters. The fourth-order valence-electron chi connectivity index (χ4n) is 5.35. The second kappa shape index (κ2) is 13.1. The van der Waals surface area contributed by atoms with E-state index in [-0.39, 0.29) is 29.1 Å². The zero-order chi connectivity index (χ0) is 29.5. The van der Waals surface area contributed by atoms with Gasteiger partial charge in [-0.1, -0.05) is 78.9 Å². The standard InChI is InChI=1S/C33H35N3O5S/c1-40-28-18-19-30(31(24-28)41-2)36(42(38,39)29-16-10-5-11-17-29)25-32(37)34-20-22-35(23-21-34)33(26-12-6-3-7-13-26)27-14-8-4-9-15-27/h3-19,24,33H,20-23,25H2,1-2H3. The van der Waals surface area contributed by atoms with Crippen molar-refractivity contribution in [2.75, 3.05) is 51.2 Å². The minimum atomic E-state index is -4.08. The zero-order valence-electron chi connectivity index (χ0n) is 23.8. The van der Waals surface area contributed by atoms with Crippen molar-refractivity contribution in [1.29, 1.82) is 0 Å². The van der Waals surface area contributed by atoms with Gasteiger partial charge >= 0.3 is 0 Å². The Labute approximate surface area is 247 Å². The van der Waals surface area contributed by atoms with Gasteiger partial charge in [0.15, 0.2) is 0 Å². The van der Waals surface area contributed by atoms with Gasteiger partial charge in [0.1, 0.15) is 18.0 Å². The lowest BCUT2D eigenvalue weighted by Crippen LogP contribution is -2.52. The maximum Gasteiger partial charge on any atom is 0.264 e. The number of amides is 1. The van der Waals surface area contributed by atoms with E-state index in [2.05, 4.69) is 29.2 Å². The molecule has 1 aliphatic rings. The van der Waals surface area contributed by atoms with Crippen molar-refractivity contribution in [3.63, 3.8) is 0 Å². The summed E-state index contributed by atoms with van der Waals surface area (Å²) in [6.07, 6.45) is 0. The summed E-state index contributed by atoms with van der Waals surface area (Å²) in [5.41, 5.74) is 2.65. The van der Waals surface area contributed by atoms with Crippen LogP contribution in [0.1, 0.15) is 17.2 Å². The molecular formula is C33H35N3O5S. The highest BCUT2D eigenvalue weighted by Gasteiger charge is 2.33. The molecule has 1 amide bonds. The summed E-state index contributed by atoms with van der Waals surface area (Å²) in [7, 11) is -1.10. The largest absolute Gasteiger partial charge is 0.497 e. The van der Waals surface area contributed by atoms with E-state index < -0.39 is 10.0 Å². The lowest BCUT2D eigenvalue weighted by Gasteiger charge is -2.40. The average Bonchev–Trinajstić information content (AvgIpc) is 3.05. The summed E-state index contributed by atoms with van der Waals surface area (Å²) in [5.74, 6) is 0.532. The number of methoxy groups -OCH3 is 2. The summed E-state index contributed by atoms with van der Waals surface area (Å²) in [6, 6.07) is 33.7. The summed E-state index contributed by atoms with van der Waals surface area (Å²) in [4.78, 5) is 17.9. The molecule has 4 aromatic rings. The van der Waals surface area contributed by atoms with Crippen LogP contribution in [0.5, 0.6) is 11.5 Å². The van der Waals surface area contributed by atoms with Crippen molar-refractivity contribution in [2.45, 2.75) is 10.9 Å². The summed E-state index contributed by atoms with van der Waals surface area (Å²) >= 11 is 0. The molecule has 0 aliphatic carbocycles. The van der Waals surface area contributed by atoms with E-state index >= 15 is 0 Å². The summed E-state index contributed by atoms with van der Waals surface area (Å²) in [5, 5.41) is 0. The van der Waals surface area contributed by atoms with Crippen molar-refractivity contribution in [3.05, 3.63) is 120 Å². The third-order valence-corrected chi connectivity index (χ3v) is 9.30. The number of hydrogen-bond donors (Lipinski definition) is 0. The van der Waals surface area contributed by atoms with E-state index in [1.807, 2.05) is 36.4 Å². The van der Waals surface area contributed by atoms with Gasteiger partial charge in [0.05, 0.1) is 30.8 Å². The van der Waals surface area contributed by atoms with E-state index in [0.717, 1.165) is 4.31 Å². The van der Waals surface area contributed by atoms with E-state index in [1.165, 1.54) is 37.5 Å². The average molecular weight is 586 g/mol. The van der Waals surface area contributed by atoms with Gasteiger partial charge in [0.2, 0.25) is 5.91 Å². The lowest BCUT2D eigenvalue weighted by molar-refractivity contribution is -0.131.